The third-order valence-corrected chi connectivity index (χ3v) is 3.46. The Balaban J connectivity index is 2.25. The highest BCUT2D eigenvalue weighted by atomic mass is 35.5. The summed E-state index contributed by atoms with van der Waals surface area (Å²) in [4.78, 5) is 0.463. The van der Waals surface area contributed by atoms with Crippen molar-refractivity contribution in [3.05, 3.63) is 52.8 Å². The summed E-state index contributed by atoms with van der Waals surface area (Å²) in [5.74, 6) is -0.0310. The molecule has 0 amide bonds. The van der Waals surface area contributed by atoms with Crippen molar-refractivity contribution in [1.29, 1.82) is 0 Å². The summed E-state index contributed by atoms with van der Waals surface area (Å²) < 4.78 is 1.79. The summed E-state index contributed by atoms with van der Waals surface area (Å²) in [6.45, 7) is 2.48. The number of rotatable bonds is 4. The van der Waals surface area contributed by atoms with Gasteiger partial charge in [-0.3, -0.25) is 4.68 Å². The van der Waals surface area contributed by atoms with Gasteiger partial charge in [-0.2, -0.15) is 5.10 Å². The van der Waals surface area contributed by atoms with E-state index in [1.165, 1.54) is 0 Å². The summed E-state index contributed by atoms with van der Waals surface area (Å²) in [6.07, 6.45) is 1.80. The monoisotopic (exact) mass is 279 g/mol. The van der Waals surface area contributed by atoms with Crippen molar-refractivity contribution in [2.24, 2.45) is 5.73 Å². The molecular formula is C13H14ClN3S. The van der Waals surface area contributed by atoms with Gasteiger partial charge in [-0.25, -0.2) is 0 Å². The van der Waals surface area contributed by atoms with Gasteiger partial charge in [0.25, 0.3) is 0 Å². The van der Waals surface area contributed by atoms with Crippen LogP contribution in [0.5, 0.6) is 0 Å². The van der Waals surface area contributed by atoms with Crippen molar-refractivity contribution in [1.82, 2.24) is 9.78 Å². The molecule has 0 saturated carbocycles. The zero-order chi connectivity index (χ0) is 13.1. The van der Waals surface area contributed by atoms with Gasteiger partial charge in [-0.1, -0.05) is 54.2 Å². The molecule has 0 saturated heterocycles. The first-order chi connectivity index (χ1) is 8.58. The number of hydrogen-bond acceptors (Lipinski definition) is 2. The van der Waals surface area contributed by atoms with Crippen molar-refractivity contribution in [3.8, 4) is 0 Å². The summed E-state index contributed by atoms with van der Waals surface area (Å²) in [5, 5.41) is 4.98. The van der Waals surface area contributed by atoms with E-state index in [0.717, 1.165) is 11.3 Å². The minimum absolute atomic E-state index is 0.0310. The molecule has 1 aromatic carbocycles. The van der Waals surface area contributed by atoms with Gasteiger partial charge in [0, 0.05) is 6.20 Å². The van der Waals surface area contributed by atoms with E-state index >= 15 is 0 Å². The predicted octanol–water partition coefficient (Wildman–Crippen LogP) is 2.91. The Bertz CT molecular complexity index is 531. The lowest BCUT2D eigenvalue weighted by molar-refractivity contribution is 0.586. The molecule has 2 aromatic rings. The van der Waals surface area contributed by atoms with Gasteiger partial charge >= 0.3 is 0 Å². The van der Waals surface area contributed by atoms with Gasteiger partial charge in [-0.15, -0.1) is 0 Å². The Hall–Kier alpha value is -1.39. The maximum absolute atomic E-state index is 5.99. The van der Waals surface area contributed by atoms with E-state index in [9.17, 15) is 0 Å². The van der Waals surface area contributed by atoms with E-state index in [4.69, 9.17) is 29.6 Å². The van der Waals surface area contributed by atoms with Gasteiger partial charge in [-0.05, 0) is 12.5 Å². The zero-order valence-electron chi connectivity index (χ0n) is 10.0. The molecular weight excluding hydrogens is 266 g/mol. The normalized spacial score (nSPS) is 12.3. The lowest BCUT2D eigenvalue weighted by Crippen LogP contribution is -2.24. The van der Waals surface area contributed by atoms with Crippen LogP contribution in [-0.2, 0) is 6.54 Å². The molecule has 0 aliphatic rings. The van der Waals surface area contributed by atoms with Gasteiger partial charge < -0.3 is 5.73 Å². The molecule has 0 fully saturated rings. The molecule has 0 spiro atoms. The van der Waals surface area contributed by atoms with Crippen molar-refractivity contribution in [2.75, 3.05) is 0 Å². The molecule has 2 N–H and O–H groups in total. The Morgan fingerprint density at radius 3 is 2.61 bits per heavy atom. The molecule has 5 heteroatoms. The number of nitrogens with two attached hydrogens (primary N) is 1. The van der Waals surface area contributed by atoms with Gasteiger partial charge in [0.2, 0.25) is 0 Å². The fourth-order valence-electron chi connectivity index (χ4n) is 1.82. The van der Waals surface area contributed by atoms with Crippen molar-refractivity contribution >= 4 is 28.8 Å². The molecule has 0 bridgehead atoms. The number of benzene rings is 1. The molecule has 1 heterocycles. The van der Waals surface area contributed by atoms with E-state index in [-0.39, 0.29) is 5.92 Å². The molecule has 1 atom stereocenters. The van der Waals surface area contributed by atoms with E-state index in [1.54, 1.807) is 10.9 Å². The maximum atomic E-state index is 5.99. The number of thiocarbonyl (C=S) groups is 1. The molecule has 1 unspecified atom stereocenters. The van der Waals surface area contributed by atoms with Crippen LogP contribution in [0.1, 0.15) is 17.2 Å². The minimum Gasteiger partial charge on any atom is -0.393 e. The summed E-state index contributed by atoms with van der Waals surface area (Å²) in [7, 11) is 0. The fraction of sp³-hybridized carbons (Fsp3) is 0.231. The highest BCUT2D eigenvalue weighted by Crippen LogP contribution is 2.20. The maximum Gasteiger partial charge on any atom is 0.0822 e. The molecule has 1 aromatic heterocycles. The van der Waals surface area contributed by atoms with E-state index < -0.39 is 0 Å². The highest BCUT2D eigenvalue weighted by Gasteiger charge is 2.16. The second kappa shape index (κ2) is 5.50. The van der Waals surface area contributed by atoms with E-state index in [2.05, 4.69) is 5.10 Å². The van der Waals surface area contributed by atoms with Crippen LogP contribution < -0.4 is 5.73 Å². The molecule has 0 aliphatic carbocycles. The van der Waals surface area contributed by atoms with Crippen LogP contribution in [0.4, 0.5) is 0 Å². The third-order valence-electron chi connectivity index (χ3n) is 2.80. The topological polar surface area (TPSA) is 43.8 Å². The van der Waals surface area contributed by atoms with Crippen molar-refractivity contribution in [3.63, 3.8) is 0 Å². The molecule has 2 rings (SSSR count). The Labute approximate surface area is 117 Å². The Morgan fingerprint density at radius 2 is 2.11 bits per heavy atom. The predicted molar refractivity (Wildman–Crippen MR) is 77.9 cm³/mol. The number of aromatic nitrogens is 2. The smallest absolute Gasteiger partial charge is 0.0822 e. The first kappa shape index (κ1) is 13.1. The third kappa shape index (κ3) is 2.89. The Morgan fingerprint density at radius 1 is 1.44 bits per heavy atom. The Kier molecular flexibility index (Phi) is 3.99. The number of hydrogen-bond donors (Lipinski definition) is 1. The van der Waals surface area contributed by atoms with Crippen molar-refractivity contribution in [2.45, 2.75) is 19.4 Å². The van der Waals surface area contributed by atoms with Gasteiger partial charge in [0.05, 0.1) is 28.2 Å². The molecule has 3 nitrogen and oxygen atoms in total. The van der Waals surface area contributed by atoms with Crippen LogP contribution in [0.15, 0.2) is 36.5 Å². The fourth-order valence-corrected chi connectivity index (χ4v) is 2.18. The van der Waals surface area contributed by atoms with Gasteiger partial charge in [0.1, 0.15) is 0 Å². The summed E-state index contributed by atoms with van der Waals surface area (Å²) in [6, 6.07) is 9.95. The molecule has 18 heavy (non-hydrogen) atoms. The minimum atomic E-state index is -0.0310. The summed E-state index contributed by atoms with van der Waals surface area (Å²) >= 11 is 11.1. The van der Waals surface area contributed by atoms with Crippen LogP contribution in [0.3, 0.4) is 0 Å². The molecule has 0 aliphatic heterocycles. The zero-order valence-corrected chi connectivity index (χ0v) is 11.6. The number of halogens is 1. The van der Waals surface area contributed by atoms with Crippen molar-refractivity contribution < 1.29 is 0 Å². The van der Waals surface area contributed by atoms with Gasteiger partial charge in [0.15, 0.2) is 0 Å². The van der Waals surface area contributed by atoms with Crippen LogP contribution >= 0.6 is 23.8 Å². The summed E-state index contributed by atoms with van der Waals surface area (Å²) in [5.41, 5.74) is 7.72. The molecule has 0 radical (unpaired) electrons. The van der Waals surface area contributed by atoms with E-state index in [0.29, 0.717) is 16.6 Å². The van der Waals surface area contributed by atoms with Crippen LogP contribution in [0.25, 0.3) is 0 Å². The average Bonchev–Trinajstić information content (AvgIpc) is 2.66. The van der Waals surface area contributed by atoms with E-state index in [1.807, 2.05) is 37.3 Å². The SMILES string of the molecule is Cc1nn(CC(C(N)=S)c2ccccc2)cc1Cl. The second-order valence-corrected chi connectivity index (χ2v) is 5.03. The lowest BCUT2D eigenvalue weighted by Gasteiger charge is -2.15. The van der Waals surface area contributed by atoms with Crippen LogP contribution in [-0.4, -0.2) is 14.8 Å². The van der Waals surface area contributed by atoms with Crippen LogP contribution in [0.2, 0.25) is 5.02 Å². The molecule has 94 valence electrons. The highest BCUT2D eigenvalue weighted by molar-refractivity contribution is 7.80. The quantitative estimate of drug-likeness (QED) is 0.875. The first-order valence-corrected chi connectivity index (χ1v) is 6.40. The number of nitrogens with zero attached hydrogens (tertiary/aromatic N) is 2. The second-order valence-electron chi connectivity index (χ2n) is 4.15. The lowest BCUT2D eigenvalue weighted by atomic mass is 9.99. The standard InChI is InChI=1S/C13H14ClN3S/c1-9-12(14)8-17(16-9)7-11(13(15)18)10-5-3-2-4-6-10/h2-6,8,11H,7H2,1H3,(H2,15,18). The number of aryl methyl sites for hydroxylation is 1. The first-order valence-electron chi connectivity index (χ1n) is 5.61. The largest absolute Gasteiger partial charge is 0.393 e. The average molecular weight is 280 g/mol. The van der Waals surface area contributed by atoms with Crippen LogP contribution in [0, 0.1) is 6.92 Å².